The van der Waals surface area contributed by atoms with E-state index in [0.717, 1.165) is 52.1 Å². The first-order chi connectivity index (χ1) is 17.7. The van der Waals surface area contributed by atoms with Crippen molar-refractivity contribution in [1.29, 1.82) is 0 Å². The molecule has 0 radical (unpaired) electrons. The van der Waals surface area contributed by atoms with Gasteiger partial charge in [-0.25, -0.2) is 20.0 Å². The summed E-state index contributed by atoms with van der Waals surface area (Å²) in [5, 5.41) is 0. The molecule has 5 aliphatic heterocycles. The van der Waals surface area contributed by atoms with Crippen molar-refractivity contribution in [2.75, 3.05) is 0 Å². The molecular formula is C32H36N4. The molecule has 4 nitrogen and oxygen atoms in total. The van der Waals surface area contributed by atoms with Gasteiger partial charge in [0, 0.05) is 0 Å². The zero-order valence-electron chi connectivity index (χ0n) is 21.4. The van der Waals surface area contributed by atoms with Gasteiger partial charge >= 0.3 is 0 Å². The topological polar surface area (TPSA) is 49.4 Å². The van der Waals surface area contributed by atoms with Crippen LogP contribution in [0.2, 0.25) is 0 Å². The minimum atomic E-state index is 0.906. The van der Waals surface area contributed by atoms with Gasteiger partial charge in [0.2, 0.25) is 0 Å². The van der Waals surface area contributed by atoms with E-state index in [9.17, 15) is 0 Å². The van der Waals surface area contributed by atoms with Crippen LogP contribution in [-0.2, 0) is 0 Å². The van der Waals surface area contributed by atoms with E-state index in [0.29, 0.717) is 0 Å². The lowest BCUT2D eigenvalue weighted by molar-refractivity contribution is 0.557. The van der Waals surface area contributed by atoms with Crippen LogP contribution in [0.4, 0.5) is 0 Å². The highest BCUT2D eigenvalue weighted by Gasteiger charge is 2.16. The maximum atomic E-state index is 4.96. The highest BCUT2D eigenvalue weighted by atomic mass is 14.8. The normalized spacial score (nSPS) is 19.4. The molecule has 36 heavy (non-hydrogen) atoms. The standard InChI is InChI=1S/C32H36N4/c1-2-3-4-5-6-7-8-9-10-11-12-24-19-31-22-29-16-15-27(34-29)20-25-13-14-26(33-25)21-28-17-18-30(35-28)23-32(24)36-31/h13-23H,2-12H2,1H3. The van der Waals surface area contributed by atoms with Gasteiger partial charge in [-0.15, -0.1) is 0 Å². The number of aliphatic imine (C=N–C) groups is 4. The Morgan fingerprint density at radius 1 is 0.444 bits per heavy atom. The first-order valence-corrected chi connectivity index (χ1v) is 13.7. The van der Waals surface area contributed by atoms with Gasteiger partial charge in [0.15, 0.2) is 0 Å². The van der Waals surface area contributed by atoms with E-state index >= 15 is 0 Å². The Morgan fingerprint density at radius 2 is 0.917 bits per heavy atom. The number of nitrogens with zero attached hydrogens (tertiary/aromatic N) is 4. The first kappa shape index (κ1) is 24.3. The first-order valence-electron chi connectivity index (χ1n) is 13.7. The summed E-state index contributed by atoms with van der Waals surface area (Å²) in [4.78, 5) is 19.2. The molecule has 0 N–H and O–H groups in total. The van der Waals surface area contributed by atoms with Crippen LogP contribution in [0, 0.1) is 0 Å². The second-order valence-electron chi connectivity index (χ2n) is 9.99. The van der Waals surface area contributed by atoms with Crippen LogP contribution in [0.25, 0.3) is 0 Å². The number of allylic oxidation sites excluding steroid dienone is 12. The van der Waals surface area contributed by atoms with Crippen LogP contribution in [0.15, 0.2) is 115 Å². The van der Waals surface area contributed by atoms with Gasteiger partial charge in [0.05, 0.1) is 45.6 Å². The average molecular weight is 477 g/mol. The summed E-state index contributed by atoms with van der Waals surface area (Å²) in [5.41, 5.74) is 8.81. The molecule has 0 saturated carbocycles. The number of unbranched alkanes of at least 4 members (excludes halogenated alkanes) is 9. The number of rotatable bonds is 11. The van der Waals surface area contributed by atoms with Gasteiger partial charge in [-0.2, -0.15) is 0 Å². The molecule has 5 heterocycles. The van der Waals surface area contributed by atoms with Crippen LogP contribution in [0.5, 0.6) is 0 Å². The van der Waals surface area contributed by atoms with Crippen molar-refractivity contribution in [3.63, 3.8) is 0 Å². The molecule has 5 rings (SSSR count). The highest BCUT2D eigenvalue weighted by molar-refractivity contribution is 6.16. The molecular weight excluding hydrogens is 440 g/mol. The molecule has 0 aromatic carbocycles. The Kier molecular flexibility index (Phi) is 8.12. The Labute approximate surface area is 215 Å². The van der Waals surface area contributed by atoms with Crippen molar-refractivity contribution in [3.8, 4) is 0 Å². The van der Waals surface area contributed by atoms with Crippen LogP contribution < -0.4 is 0 Å². The van der Waals surface area contributed by atoms with E-state index < -0.39 is 0 Å². The highest BCUT2D eigenvalue weighted by Crippen LogP contribution is 2.26. The smallest absolute Gasteiger partial charge is 0.0691 e. The van der Waals surface area contributed by atoms with E-state index in [1.165, 1.54) is 69.8 Å². The second-order valence-corrected chi connectivity index (χ2v) is 9.99. The molecule has 0 atom stereocenters. The predicted octanol–water partition coefficient (Wildman–Crippen LogP) is 8.26. The molecule has 0 aliphatic carbocycles. The van der Waals surface area contributed by atoms with Crippen molar-refractivity contribution in [2.45, 2.75) is 77.6 Å². The van der Waals surface area contributed by atoms with E-state index in [4.69, 9.17) is 15.0 Å². The van der Waals surface area contributed by atoms with Crippen LogP contribution in [0.3, 0.4) is 0 Å². The monoisotopic (exact) mass is 476 g/mol. The fraction of sp³-hybridized carbons (Fsp3) is 0.375. The largest absolute Gasteiger partial charge is 0.249 e. The van der Waals surface area contributed by atoms with E-state index in [1.807, 2.05) is 42.5 Å². The summed E-state index contributed by atoms with van der Waals surface area (Å²) in [7, 11) is 0. The Balaban J connectivity index is 1.25. The maximum absolute atomic E-state index is 4.96. The second kappa shape index (κ2) is 12.0. The molecule has 4 heteroatoms. The predicted molar refractivity (Wildman–Crippen MR) is 154 cm³/mol. The molecule has 0 saturated heterocycles. The van der Waals surface area contributed by atoms with E-state index in [1.54, 1.807) is 0 Å². The lowest BCUT2D eigenvalue weighted by atomic mass is 10.0. The average Bonchev–Trinajstić information content (AvgIpc) is 3.66. The van der Waals surface area contributed by atoms with Crippen LogP contribution in [-0.4, -0.2) is 22.8 Å². The quantitative estimate of drug-likeness (QED) is 0.270. The number of hydrogen-bond donors (Lipinski definition) is 0. The minimum absolute atomic E-state index is 0.906. The third kappa shape index (κ3) is 6.63. The van der Waals surface area contributed by atoms with Crippen LogP contribution >= 0.6 is 0 Å². The fourth-order valence-electron chi connectivity index (χ4n) is 4.96. The molecule has 0 aromatic rings. The van der Waals surface area contributed by atoms with Crippen molar-refractivity contribution >= 4 is 22.8 Å². The van der Waals surface area contributed by atoms with Gasteiger partial charge in [-0.3, -0.25) is 0 Å². The maximum Gasteiger partial charge on any atom is 0.0691 e. The molecule has 0 fully saturated rings. The number of fused-ring (bicyclic) bond motifs is 4. The van der Waals surface area contributed by atoms with Crippen molar-refractivity contribution in [1.82, 2.24) is 0 Å². The summed E-state index contributed by atoms with van der Waals surface area (Å²) >= 11 is 0. The van der Waals surface area contributed by atoms with Crippen LogP contribution in [0.1, 0.15) is 77.6 Å². The van der Waals surface area contributed by atoms with Gasteiger partial charge in [0.25, 0.3) is 0 Å². The summed E-state index contributed by atoms with van der Waals surface area (Å²) < 4.78 is 0. The fourth-order valence-corrected chi connectivity index (χ4v) is 4.96. The van der Waals surface area contributed by atoms with Gasteiger partial charge in [-0.05, 0) is 85.3 Å². The molecule has 0 amide bonds. The summed E-state index contributed by atoms with van der Waals surface area (Å²) in [6.07, 6.45) is 37.2. The third-order valence-electron chi connectivity index (χ3n) is 6.92. The third-order valence-corrected chi connectivity index (χ3v) is 6.92. The lowest BCUT2D eigenvalue weighted by Crippen LogP contribution is -1.97. The minimum Gasteiger partial charge on any atom is -0.249 e. The zero-order chi connectivity index (χ0) is 24.6. The Bertz CT molecular complexity index is 1250. The lowest BCUT2D eigenvalue weighted by Gasteiger charge is -2.05. The summed E-state index contributed by atoms with van der Waals surface area (Å²) in [5.74, 6) is 0. The molecule has 0 unspecified atom stereocenters. The Morgan fingerprint density at radius 3 is 1.47 bits per heavy atom. The van der Waals surface area contributed by atoms with E-state index in [2.05, 4.69) is 36.2 Å². The summed E-state index contributed by atoms with van der Waals surface area (Å²) in [6.45, 7) is 2.28. The van der Waals surface area contributed by atoms with Crippen molar-refractivity contribution in [3.05, 3.63) is 95.2 Å². The Hall–Kier alpha value is -3.40. The molecule has 5 aliphatic rings. The molecule has 0 aromatic heterocycles. The molecule has 0 spiro atoms. The van der Waals surface area contributed by atoms with Gasteiger partial charge in [-0.1, -0.05) is 64.7 Å². The van der Waals surface area contributed by atoms with Gasteiger partial charge < -0.3 is 0 Å². The molecule has 184 valence electrons. The number of hydrogen-bond acceptors (Lipinski definition) is 4. The van der Waals surface area contributed by atoms with Crippen molar-refractivity contribution < 1.29 is 0 Å². The van der Waals surface area contributed by atoms with Crippen molar-refractivity contribution in [2.24, 2.45) is 20.0 Å². The zero-order valence-corrected chi connectivity index (χ0v) is 21.4. The summed E-state index contributed by atoms with van der Waals surface area (Å²) in [6, 6.07) is 0. The van der Waals surface area contributed by atoms with E-state index in [-0.39, 0.29) is 0 Å². The van der Waals surface area contributed by atoms with Gasteiger partial charge in [0.1, 0.15) is 0 Å². The SMILES string of the molecule is CCCCCCCCCCCCC1=CC2=CC3=NC(=CC4=NC(=CC5=NC(=CC1=N2)C=C5)C=C4)C=C3. The molecule has 8 bridgehead atoms.